The van der Waals surface area contributed by atoms with Gasteiger partial charge in [0.25, 0.3) is 0 Å². The van der Waals surface area contributed by atoms with Gasteiger partial charge >= 0.3 is 0 Å². The highest BCUT2D eigenvalue weighted by Gasteiger charge is 2.20. The standard InChI is InChI=1S/C18H21ClO2/c1-12-2-7-15(8-3-12)21-17-9-6-14-5-4-13(11-20)10-16(14)18(17)19/h4-6,9-10,12,15,20H,2-3,7-8,11H2,1H3/t12-,15+. The molecule has 2 aromatic carbocycles. The molecule has 2 nitrogen and oxygen atoms in total. The molecule has 1 saturated carbocycles. The second kappa shape index (κ2) is 6.25. The van der Waals surface area contributed by atoms with Crippen LogP contribution in [0.1, 0.15) is 38.2 Å². The molecule has 0 atom stereocenters. The van der Waals surface area contributed by atoms with Crippen molar-refractivity contribution in [3.63, 3.8) is 0 Å². The average Bonchev–Trinajstić information content (AvgIpc) is 2.52. The van der Waals surface area contributed by atoms with Gasteiger partial charge in [0.05, 0.1) is 17.7 Å². The largest absolute Gasteiger partial charge is 0.489 e. The zero-order valence-electron chi connectivity index (χ0n) is 12.3. The lowest BCUT2D eigenvalue weighted by atomic mass is 9.89. The molecular weight excluding hydrogens is 284 g/mol. The van der Waals surface area contributed by atoms with E-state index in [0.717, 1.165) is 40.8 Å². The summed E-state index contributed by atoms with van der Waals surface area (Å²) in [6, 6.07) is 9.83. The molecule has 1 aliphatic rings. The van der Waals surface area contributed by atoms with E-state index in [-0.39, 0.29) is 12.7 Å². The molecule has 0 radical (unpaired) electrons. The first-order valence-electron chi connectivity index (χ1n) is 7.66. The molecule has 0 heterocycles. The molecule has 21 heavy (non-hydrogen) atoms. The summed E-state index contributed by atoms with van der Waals surface area (Å²) in [5, 5.41) is 11.9. The van der Waals surface area contributed by atoms with Crippen molar-refractivity contribution in [2.45, 2.75) is 45.3 Å². The van der Waals surface area contributed by atoms with Crippen molar-refractivity contribution in [2.24, 2.45) is 5.92 Å². The summed E-state index contributed by atoms with van der Waals surface area (Å²) >= 11 is 6.51. The maximum atomic E-state index is 9.27. The highest BCUT2D eigenvalue weighted by Crippen LogP contribution is 2.36. The van der Waals surface area contributed by atoms with Gasteiger partial charge in [-0.15, -0.1) is 0 Å². The molecule has 0 spiro atoms. The third-order valence-corrected chi connectivity index (χ3v) is 4.81. The Morgan fingerprint density at radius 2 is 1.86 bits per heavy atom. The molecule has 1 N–H and O–H groups in total. The van der Waals surface area contributed by atoms with Gasteiger partial charge in [-0.3, -0.25) is 0 Å². The van der Waals surface area contributed by atoms with E-state index in [1.807, 2.05) is 30.3 Å². The van der Waals surface area contributed by atoms with E-state index < -0.39 is 0 Å². The monoisotopic (exact) mass is 304 g/mol. The van der Waals surface area contributed by atoms with Crippen LogP contribution >= 0.6 is 11.6 Å². The number of hydrogen-bond acceptors (Lipinski definition) is 2. The quantitative estimate of drug-likeness (QED) is 0.870. The summed E-state index contributed by atoms with van der Waals surface area (Å²) in [6.07, 6.45) is 4.94. The van der Waals surface area contributed by atoms with Gasteiger partial charge in [0.1, 0.15) is 5.75 Å². The summed E-state index contributed by atoms with van der Waals surface area (Å²) in [4.78, 5) is 0. The number of benzene rings is 2. The van der Waals surface area contributed by atoms with Gasteiger partial charge in [0.2, 0.25) is 0 Å². The molecule has 1 fully saturated rings. The molecule has 3 rings (SSSR count). The van der Waals surface area contributed by atoms with Crippen molar-refractivity contribution in [1.29, 1.82) is 0 Å². The van der Waals surface area contributed by atoms with Crippen molar-refractivity contribution in [3.05, 3.63) is 40.9 Å². The van der Waals surface area contributed by atoms with E-state index >= 15 is 0 Å². The minimum Gasteiger partial charge on any atom is -0.489 e. The molecular formula is C18H21ClO2. The minimum absolute atomic E-state index is 0.0257. The van der Waals surface area contributed by atoms with Crippen LogP contribution in [0, 0.1) is 5.92 Å². The summed E-state index contributed by atoms with van der Waals surface area (Å²) in [7, 11) is 0. The van der Waals surface area contributed by atoms with Crippen LogP contribution in [0.25, 0.3) is 10.8 Å². The number of hydrogen-bond donors (Lipinski definition) is 1. The van der Waals surface area contributed by atoms with Crippen LogP contribution in [-0.4, -0.2) is 11.2 Å². The molecule has 2 aromatic rings. The molecule has 0 unspecified atom stereocenters. The number of rotatable bonds is 3. The van der Waals surface area contributed by atoms with Crippen LogP contribution in [0.4, 0.5) is 0 Å². The third kappa shape index (κ3) is 3.17. The highest BCUT2D eigenvalue weighted by atomic mass is 35.5. The van der Waals surface area contributed by atoms with E-state index in [4.69, 9.17) is 16.3 Å². The summed E-state index contributed by atoms with van der Waals surface area (Å²) < 4.78 is 6.12. The Balaban J connectivity index is 1.87. The Labute approximate surface area is 130 Å². The Bertz CT molecular complexity index is 630. The Morgan fingerprint density at radius 3 is 2.57 bits per heavy atom. The van der Waals surface area contributed by atoms with Crippen LogP contribution < -0.4 is 4.74 Å². The molecule has 0 bridgehead atoms. The first-order chi connectivity index (χ1) is 10.2. The lowest BCUT2D eigenvalue weighted by molar-refractivity contribution is 0.136. The fourth-order valence-electron chi connectivity index (χ4n) is 3.03. The summed E-state index contributed by atoms with van der Waals surface area (Å²) in [5.74, 6) is 1.57. The number of ether oxygens (including phenoxy) is 1. The SMILES string of the molecule is C[C@H]1CC[C@@H](Oc2ccc3ccc(CO)cc3c2Cl)CC1. The lowest BCUT2D eigenvalue weighted by Gasteiger charge is -2.27. The van der Waals surface area contributed by atoms with Gasteiger partial charge in [0, 0.05) is 5.39 Å². The van der Waals surface area contributed by atoms with E-state index in [1.165, 1.54) is 12.8 Å². The van der Waals surface area contributed by atoms with E-state index in [0.29, 0.717) is 5.02 Å². The maximum absolute atomic E-state index is 9.27. The third-order valence-electron chi connectivity index (χ3n) is 4.42. The van der Waals surface area contributed by atoms with Crippen molar-refractivity contribution in [3.8, 4) is 5.75 Å². The number of aliphatic hydroxyl groups excluding tert-OH is 1. The zero-order chi connectivity index (χ0) is 14.8. The van der Waals surface area contributed by atoms with Crippen molar-refractivity contribution in [2.75, 3.05) is 0 Å². The molecule has 0 aliphatic heterocycles. The molecule has 1 aliphatic carbocycles. The zero-order valence-corrected chi connectivity index (χ0v) is 13.1. The average molecular weight is 305 g/mol. The predicted octanol–water partition coefficient (Wildman–Crippen LogP) is 4.94. The van der Waals surface area contributed by atoms with Crippen LogP contribution in [0.2, 0.25) is 5.02 Å². The second-order valence-corrected chi connectivity index (χ2v) is 6.47. The van der Waals surface area contributed by atoms with E-state index in [1.54, 1.807) is 0 Å². The first kappa shape index (κ1) is 14.7. The molecule has 0 amide bonds. The van der Waals surface area contributed by atoms with Gasteiger partial charge in [-0.2, -0.15) is 0 Å². The number of halogens is 1. The molecule has 0 saturated heterocycles. The normalized spacial score (nSPS) is 22.4. The van der Waals surface area contributed by atoms with Gasteiger partial charge < -0.3 is 9.84 Å². The molecule has 3 heteroatoms. The van der Waals surface area contributed by atoms with Crippen LogP contribution in [0.15, 0.2) is 30.3 Å². The summed E-state index contributed by atoms with van der Waals surface area (Å²) in [6.45, 7) is 2.33. The number of aliphatic hydroxyl groups is 1. The Kier molecular flexibility index (Phi) is 4.37. The van der Waals surface area contributed by atoms with Crippen LogP contribution in [0.3, 0.4) is 0 Å². The van der Waals surface area contributed by atoms with Gasteiger partial charge in [-0.25, -0.2) is 0 Å². The topological polar surface area (TPSA) is 29.5 Å². The molecule has 0 aromatic heterocycles. The fourth-order valence-corrected chi connectivity index (χ4v) is 3.30. The Morgan fingerprint density at radius 1 is 1.14 bits per heavy atom. The van der Waals surface area contributed by atoms with Gasteiger partial charge in [0.15, 0.2) is 0 Å². The van der Waals surface area contributed by atoms with E-state index in [2.05, 4.69) is 6.92 Å². The highest BCUT2D eigenvalue weighted by molar-refractivity contribution is 6.37. The predicted molar refractivity (Wildman–Crippen MR) is 86.9 cm³/mol. The van der Waals surface area contributed by atoms with Crippen molar-refractivity contribution < 1.29 is 9.84 Å². The lowest BCUT2D eigenvalue weighted by Crippen LogP contribution is -2.23. The van der Waals surface area contributed by atoms with Crippen molar-refractivity contribution >= 4 is 22.4 Å². The van der Waals surface area contributed by atoms with Gasteiger partial charge in [-0.1, -0.05) is 36.7 Å². The smallest absolute Gasteiger partial charge is 0.138 e. The first-order valence-corrected chi connectivity index (χ1v) is 8.04. The summed E-state index contributed by atoms with van der Waals surface area (Å²) in [5.41, 5.74) is 0.869. The Hall–Kier alpha value is -1.25. The van der Waals surface area contributed by atoms with E-state index in [9.17, 15) is 5.11 Å². The fraction of sp³-hybridized carbons (Fsp3) is 0.444. The van der Waals surface area contributed by atoms with Gasteiger partial charge in [-0.05, 0) is 54.7 Å². The maximum Gasteiger partial charge on any atom is 0.138 e. The molecule has 112 valence electrons. The minimum atomic E-state index is 0.0257. The van der Waals surface area contributed by atoms with Crippen LogP contribution in [-0.2, 0) is 6.61 Å². The van der Waals surface area contributed by atoms with Crippen molar-refractivity contribution in [1.82, 2.24) is 0 Å². The van der Waals surface area contributed by atoms with Crippen LogP contribution in [0.5, 0.6) is 5.75 Å². The second-order valence-electron chi connectivity index (χ2n) is 6.09. The number of fused-ring (bicyclic) bond motifs is 1.